The first kappa shape index (κ1) is 16.9. The quantitative estimate of drug-likeness (QED) is 0.749. The Labute approximate surface area is 150 Å². The summed E-state index contributed by atoms with van der Waals surface area (Å²) in [5.41, 5.74) is 3.46. The lowest BCUT2D eigenvalue weighted by Crippen LogP contribution is -2.31. The first-order valence-electron chi connectivity index (χ1n) is 7.70. The highest BCUT2D eigenvalue weighted by atomic mass is 35.5. The van der Waals surface area contributed by atoms with E-state index in [0.717, 1.165) is 16.8 Å². The molecule has 0 spiro atoms. The van der Waals surface area contributed by atoms with Crippen LogP contribution in [0.3, 0.4) is 0 Å². The smallest absolute Gasteiger partial charge is 0.319 e. The molecular formula is C17H17ClN6O. The number of rotatable bonds is 4. The number of aromatic nitrogens is 4. The number of carbonyl (C=O) groups is 1. The Balaban J connectivity index is 1.64. The van der Waals surface area contributed by atoms with Crippen molar-refractivity contribution in [1.82, 2.24) is 25.5 Å². The Bertz CT molecular complexity index is 863. The van der Waals surface area contributed by atoms with Crippen LogP contribution in [0.2, 0.25) is 5.02 Å². The van der Waals surface area contributed by atoms with Gasteiger partial charge in [0.25, 0.3) is 0 Å². The van der Waals surface area contributed by atoms with Gasteiger partial charge in [-0.1, -0.05) is 23.7 Å². The van der Waals surface area contributed by atoms with Crippen LogP contribution >= 0.6 is 11.6 Å². The van der Waals surface area contributed by atoms with E-state index in [9.17, 15) is 4.79 Å². The molecule has 0 aliphatic carbocycles. The van der Waals surface area contributed by atoms with E-state index in [1.54, 1.807) is 22.9 Å². The monoisotopic (exact) mass is 356 g/mol. The minimum Gasteiger partial charge on any atom is -0.331 e. The molecule has 1 unspecified atom stereocenters. The van der Waals surface area contributed by atoms with E-state index in [1.165, 1.54) is 6.33 Å². The van der Waals surface area contributed by atoms with Crippen LogP contribution < -0.4 is 10.6 Å². The van der Waals surface area contributed by atoms with E-state index in [1.807, 2.05) is 38.1 Å². The Kier molecular flexibility index (Phi) is 4.95. The fraction of sp³-hybridized carbons (Fsp3) is 0.176. The number of anilines is 1. The third-order valence-corrected chi connectivity index (χ3v) is 4.02. The molecule has 3 rings (SSSR count). The molecule has 8 heteroatoms. The first-order chi connectivity index (χ1) is 12.0. The average Bonchev–Trinajstić information content (AvgIpc) is 3.09. The molecule has 3 aromatic rings. The maximum atomic E-state index is 12.2. The van der Waals surface area contributed by atoms with Crippen LogP contribution in [0.1, 0.15) is 24.1 Å². The molecule has 0 saturated heterocycles. The lowest BCUT2D eigenvalue weighted by molar-refractivity contribution is 0.249. The average molecular weight is 357 g/mol. The minimum absolute atomic E-state index is 0.140. The number of nitrogens with zero attached hydrogens (tertiary/aromatic N) is 4. The van der Waals surface area contributed by atoms with Crippen LogP contribution in [0.4, 0.5) is 10.5 Å². The van der Waals surface area contributed by atoms with Crippen molar-refractivity contribution >= 4 is 23.3 Å². The van der Waals surface area contributed by atoms with E-state index in [2.05, 4.69) is 26.2 Å². The summed E-state index contributed by atoms with van der Waals surface area (Å²) in [5, 5.41) is 17.5. The molecule has 1 aromatic heterocycles. The van der Waals surface area contributed by atoms with Crippen LogP contribution in [0.5, 0.6) is 0 Å². The van der Waals surface area contributed by atoms with Crippen molar-refractivity contribution in [3.63, 3.8) is 0 Å². The van der Waals surface area contributed by atoms with Gasteiger partial charge in [-0.05, 0) is 65.7 Å². The number of nitrogens with one attached hydrogen (secondary N) is 2. The maximum absolute atomic E-state index is 12.2. The lowest BCUT2D eigenvalue weighted by atomic mass is 10.1. The highest BCUT2D eigenvalue weighted by Gasteiger charge is 2.10. The molecule has 25 heavy (non-hydrogen) atoms. The van der Waals surface area contributed by atoms with Crippen molar-refractivity contribution in [2.24, 2.45) is 0 Å². The van der Waals surface area contributed by atoms with Gasteiger partial charge in [-0.15, -0.1) is 5.10 Å². The number of hydrogen-bond acceptors (Lipinski definition) is 4. The fourth-order valence-corrected chi connectivity index (χ4v) is 2.59. The zero-order valence-electron chi connectivity index (χ0n) is 13.8. The summed E-state index contributed by atoms with van der Waals surface area (Å²) >= 11 is 5.88. The number of amides is 2. The molecule has 2 amide bonds. The van der Waals surface area contributed by atoms with Gasteiger partial charge in [0.1, 0.15) is 6.33 Å². The van der Waals surface area contributed by atoms with Crippen LogP contribution in [0, 0.1) is 6.92 Å². The van der Waals surface area contributed by atoms with Crippen LogP contribution in [0.25, 0.3) is 5.69 Å². The number of halogens is 1. The predicted octanol–water partition coefficient (Wildman–Crippen LogP) is 3.51. The van der Waals surface area contributed by atoms with Gasteiger partial charge < -0.3 is 10.6 Å². The summed E-state index contributed by atoms with van der Waals surface area (Å²) in [6.45, 7) is 3.84. The second kappa shape index (κ2) is 7.31. The zero-order valence-corrected chi connectivity index (χ0v) is 14.5. The summed E-state index contributed by atoms with van der Waals surface area (Å²) in [6, 6.07) is 12.5. The fourth-order valence-electron chi connectivity index (χ4n) is 2.46. The molecule has 128 valence electrons. The molecule has 0 fully saturated rings. The summed E-state index contributed by atoms with van der Waals surface area (Å²) in [7, 11) is 0. The molecule has 0 saturated carbocycles. The van der Waals surface area contributed by atoms with Gasteiger partial charge in [-0.3, -0.25) is 0 Å². The SMILES string of the molecule is Cc1cc(NC(=O)NC(C)c2ccc(Cl)cc2)ccc1-n1cnnn1. The number of urea groups is 1. The number of tetrazole rings is 1. The normalized spacial score (nSPS) is 11.8. The van der Waals surface area contributed by atoms with Gasteiger partial charge in [-0.2, -0.15) is 0 Å². The Hall–Kier alpha value is -2.93. The van der Waals surface area contributed by atoms with Crippen molar-refractivity contribution in [3.8, 4) is 5.69 Å². The van der Waals surface area contributed by atoms with Crippen molar-refractivity contribution < 1.29 is 4.79 Å². The van der Waals surface area contributed by atoms with Crippen molar-refractivity contribution in [1.29, 1.82) is 0 Å². The van der Waals surface area contributed by atoms with E-state index < -0.39 is 0 Å². The Morgan fingerprint density at radius 1 is 1.20 bits per heavy atom. The number of aryl methyl sites for hydroxylation is 1. The molecule has 7 nitrogen and oxygen atoms in total. The minimum atomic E-state index is -0.281. The van der Waals surface area contributed by atoms with Crippen LogP contribution in [-0.2, 0) is 0 Å². The highest BCUT2D eigenvalue weighted by molar-refractivity contribution is 6.30. The highest BCUT2D eigenvalue weighted by Crippen LogP contribution is 2.19. The molecule has 2 N–H and O–H groups in total. The molecule has 1 atom stereocenters. The van der Waals surface area contributed by atoms with Gasteiger partial charge in [0.05, 0.1) is 11.7 Å². The second-order valence-corrected chi connectivity index (χ2v) is 6.06. The second-order valence-electron chi connectivity index (χ2n) is 5.63. The molecule has 0 aliphatic rings. The van der Waals surface area contributed by atoms with E-state index in [-0.39, 0.29) is 12.1 Å². The largest absolute Gasteiger partial charge is 0.331 e. The van der Waals surface area contributed by atoms with E-state index >= 15 is 0 Å². The third-order valence-electron chi connectivity index (χ3n) is 3.77. The van der Waals surface area contributed by atoms with Crippen molar-refractivity contribution in [2.75, 3.05) is 5.32 Å². The van der Waals surface area contributed by atoms with Gasteiger partial charge in [0.15, 0.2) is 0 Å². The molecule has 0 radical (unpaired) electrons. The predicted molar refractivity (Wildman–Crippen MR) is 95.9 cm³/mol. The van der Waals surface area contributed by atoms with E-state index in [4.69, 9.17) is 11.6 Å². The number of hydrogen-bond donors (Lipinski definition) is 2. The van der Waals surface area contributed by atoms with Crippen LogP contribution in [-0.4, -0.2) is 26.2 Å². The number of benzene rings is 2. The van der Waals surface area contributed by atoms with Gasteiger partial charge in [0, 0.05) is 10.7 Å². The molecule has 2 aromatic carbocycles. The Morgan fingerprint density at radius 2 is 1.96 bits per heavy atom. The van der Waals surface area contributed by atoms with Crippen LogP contribution in [0.15, 0.2) is 48.8 Å². The standard InChI is InChI=1S/C17H17ClN6O/c1-11-9-15(7-8-16(11)24-10-19-22-23-24)21-17(25)20-12(2)13-3-5-14(18)6-4-13/h3-10,12H,1-2H3,(H2,20,21,25). The molecule has 0 aliphatic heterocycles. The van der Waals surface area contributed by atoms with Gasteiger partial charge in [-0.25, -0.2) is 9.48 Å². The first-order valence-corrected chi connectivity index (χ1v) is 8.08. The number of carbonyl (C=O) groups excluding carboxylic acids is 1. The lowest BCUT2D eigenvalue weighted by Gasteiger charge is -2.16. The summed E-state index contributed by atoms with van der Waals surface area (Å²) in [4.78, 5) is 12.2. The molecular weight excluding hydrogens is 340 g/mol. The van der Waals surface area contributed by atoms with E-state index in [0.29, 0.717) is 10.7 Å². The maximum Gasteiger partial charge on any atom is 0.319 e. The third kappa shape index (κ3) is 4.13. The Morgan fingerprint density at radius 3 is 2.60 bits per heavy atom. The molecule has 1 heterocycles. The molecule has 0 bridgehead atoms. The summed E-state index contributed by atoms with van der Waals surface area (Å²) in [5.74, 6) is 0. The van der Waals surface area contributed by atoms with Gasteiger partial charge >= 0.3 is 6.03 Å². The van der Waals surface area contributed by atoms with Crippen molar-refractivity contribution in [3.05, 3.63) is 64.9 Å². The summed E-state index contributed by atoms with van der Waals surface area (Å²) < 4.78 is 1.57. The van der Waals surface area contributed by atoms with Crippen molar-refractivity contribution in [2.45, 2.75) is 19.9 Å². The zero-order chi connectivity index (χ0) is 17.8. The topological polar surface area (TPSA) is 84.7 Å². The van der Waals surface area contributed by atoms with Gasteiger partial charge in [0.2, 0.25) is 0 Å². The summed E-state index contributed by atoms with van der Waals surface area (Å²) in [6.07, 6.45) is 1.52.